The lowest BCUT2D eigenvalue weighted by atomic mass is 9.40. The van der Waals surface area contributed by atoms with E-state index in [4.69, 9.17) is 4.74 Å². The third-order valence-electron chi connectivity index (χ3n) is 9.24. The second-order valence-electron chi connectivity index (χ2n) is 9.64. The average molecular weight is 303 g/mol. The molecular formula is C21H34O. The molecular weight excluding hydrogens is 268 g/mol. The summed E-state index contributed by atoms with van der Waals surface area (Å²) in [5.41, 5.74) is 5.39. The summed E-state index contributed by atoms with van der Waals surface area (Å²) in [5.74, 6) is 0.848. The Bertz CT molecular complexity index is 522. The smallest absolute Gasteiger partial charge is 0.0532 e. The van der Waals surface area contributed by atoms with Crippen molar-refractivity contribution in [1.82, 2.24) is 0 Å². The van der Waals surface area contributed by atoms with Crippen molar-refractivity contribution < 1.29 is 4.74 Å². The van der Waals surface area contributed by atoms with Crippen molar-refractivity contribution in [3.8, 4) is 0 Å². The highest BCUT2D eigenvalue weighted by molar-refractivity contribution is 5.42. The fourth-order valence-electron chi connectivity index (χ4n) is 8.35. The van der Waals surface area contributed by atoms with E-state index in [0.29, 0.717) is 21.7 Å². The monoisotopic (exact) mass is 302 g/mol. The van der Waals surface area contributed by atoms with Crippen LogP contribution in [0.25, 0.3) is 0 Å². The minimum atomic E-state index is 0.380. The Morgan fingerprint density at radius 2 is 1.82 bits per heavy atom. The molecule has 0 radical (unpaired) electrons. The van der Waals surface area contributed by atoms with Gasteiger partial charge in [-0.2, -0.15) is 0 Å². The second-order valence-corrected chi connectivity index (χ2v) is 9.64. The van der Waals surface area contributed by atoms with E-state index in [0.717, 1.165) is 12.5 Å². The lowest BCUT2D eigenvalue weighted by Gasteiger charge is -2.64. The molecule has 0 amide bonds. The van der Waals surface area contributed by atoms with E-state index < -0.39 is 0 Å². The Hall–Kier alpha value is -0.300. The number of fused-ring (bicyclic) bond motifs is 2. The fourth-order valence-corrected chi connectivity index (χ4v) is 8.35. The molecule has 3 fully saturated rings. The van der Waals surface area contributed by atoms with E-state index in [-0.39, 0.29) is 0 Å². The van der Waals surface area contributed by atoms with Crippen LogP contribution >= 0.6 is 0 Å². The van der Waals surface area contributed by atoms with Gasteiger partial charge in [-0.15, -0.1) is 0 Å². The van der Waals surface area contributed by atoms with Gasteiger partial charge < -0.3 is 4.74 Å². The number of hydrogen-bond acceptors (Lipinski definition) is 1. The van der Waals surface area contributed by atoms with E-state index in [2.05, 4.69) is 27.7 Å². The molecule has 0 aromatic carbocycles. The van der Waals surface area contributed by atoms with Crippen LogP contribution in [0.2, 0.25) is 0 Å². The topological polar surface area (TPSA) is 9.23 Å². The summed E-state index contributed by atoms with van der Waals surface area (Å²) < 4.78 is 5.93. The molecule has 1 heteroatoms. The molecule has 0 aliphatic heterocycles. The molecule has 0 saturated heterocycles. The first-order valence-corrected chi connectivity index (χ1v) is 9.55. The van der Waals surface area contributed by atoms with E-state index >= 15 is 0 Å². The predicted molar refractivity (Wildman–Crippen MR) is 91.8 cm³/mol. The maximum Gasteiger partial charge on any atom is 0.0532 e. The second kappa shape index (κ2) is 4.41. The van der Waals surface area contributed by atoms with Crippen LogP contribution in [0.4, 0.5) is 0 Å². The van der Waals surface area contributed by atoms with Gasteiger partial charge in [0.15, 0.2) is 0 Å². The zero-order valence-corrected chi connectivity index (χ0v) is 15.3. The van der Waals surface area contributed by atoms with Crippen molar-refractivity contribution in [3.05, 3.63) is 11.1 Å². The molecule has 3 saturated carbocycles. The van der Waals surface area contributed by atoms with E-state index in [1.165, 1.54) is 51.4 Å². The van der Waals surface area contributed by atoms with Crippen LogP contribution in [0, 0.1) is 27.6 Å². The molecule has 4 aliphatic carbocycles. The van der Waals surface area contributed by atoms with Gasteiger partial charge in [-0.05, 0) is 62.2 Å². The SMILES string of the molecule is COC[C@@]12CC3=C(C)CC[C@]3([C@H](C)CC13CCCC3)C2(C)C. The van der Waals surface area contributed by atoms with Crippen molar-refractivity contribution in [2.24, 2.45) is 27.6 Å². The molecule has 2 bridgehead atoms. The third-order valence-corrected chi connectivity index (χ3v) is 9.24. The van der Waals surface area contributed by atoms with Crippen molar-refractivity contribution in [2.75, 3.05) is 13.7 Å². The first-order chi connectivity index (χ1) is 10.4. The van der Waals surface area contributed by atoms with Crippen LogP contribution in [0.15, 0.2) is 11.1 Å². The van der Waals surface area contributed by atoms with Gasteiger partial charge in [0.2, 0.25) is 0 Å². The minimum absolute atomic E-state index is 0.380. The first-order valence-electron chi connectivity index (χ1n) is 9.55. The molecule has 3 atom stereocenters. The quantitative estimate of drug-likeness (QED) is 0.590. The third kappa shape index (κ3) is 1.34. The summed E-state index contributed by atoms with van der Waals surface area (Å²) in [6.07, 6.45) is 11.3. The number of ether oxygens (including phenoxy) is 1. The zero-order chi connectivity index (χ0) is 15.8. The molecule has 124 valence electrons. The summed E-state index contributed by atoms with van der Waals surface area (Å²) in [4.78, 5) is 0. The van der Waals surface area contributed by atoms with Crippen LogP contribution in [0.1, 0.15) is 79.1 Å². The molecule has 0 N–H and O–H groups in total. The Balaban J connectivity index is 1.96. The standard InChI is InChI=1S/C21H34O/c1-15-8-11-21-16(2)12-19(9-6-7-10-19)20(14-22-5,13-17(15)21)18(21,3)4/h16H,6-14H2,1-5H3/t16-,20-,21-/m1/s1. The van der Waals surface area contributed by atoms with Gasteiger partial charge in [0.05, 0.1) is 6.61 Å². The van der Waals surface area contributed by atoms with Gasteiger partial charge >= 0.3 is 0 Å². The molecule has 22 heavy (non-hydrogen) atoms. The highest BCUT2D eigenvalue weighted by Gasteiger charge is 2.76. The number of rotatable bonds is 2. The molecule has 1 nitrogen and oxygen atoms in total. The molecule has 2 spiro atoms. The fraction of sp³-hybridized carbons (Fsp3) is 0.905. The number of methoxy groups -OCH3 is 1. The summed E-state index contributed by atoms with van der Waals surface area (Å²) in [5, 5.41) is 0. The van der Waals surface area contributed by atoms with Gasteiger partial charge in [-0.3, -0.25) is 0 Å². The summed E-state index contributed by atoms with van der Waals surface area (Å²) in [7, 11) is 1.94. The maximum atomic E-state index is 5.93. The molecule has 0 unspecified atom stereocenters. The van der Waals surface area contributed by atoms with Crippen LogP contribution in [0.5, 0.6) is 0 Å². The van der Waals surface area contributed by atoms with Crippen molar-refractivity contribution in [1.29, 1.82) is 0 Å². The van der Waals surface area contributed by atoms with Crippen molar-refractivity contribution >= 4 is 0 Å². The molecule has 4 rings (SSSR count). The molecule has 4 aliphatic rings. The van der Waals surface area contributed by atoms with E-state index in [1.807, 2.05) is 12.7 Å². The normalized spacial score (nSPS) is 44.9. The Kier molecular flexibility index (Phi) is 3.05. The van der Waals surface area contributed by atoms with Crippen molar-refractivity contribution in [3.63, 3.8) is 0 Å². The van der Waals surface area contributed by atoms with Crippen LogP contribution in [-0.4, -0.2) is 13.7 Å². The van der Waals surface area contributed by atoms with Crippen LogP contribution in [-0.2, 0) is 4.74 Å². The van der Waals surface area contributed by atoms with Gasteiger partial charge in [0.1, 0.15) is 0 Å². The number of hydrogen-bond donors (Lipinski definition) is 0. The lowest BCUT2D eigenvalue weighted by Crippen LogP contribution is -2.60. The molecule has 0 aromatic rings. The Morgan fingerprint density at radius 1 is 1.14 bits per heavy atom. The van der Waals surface area contributed by atoms with Gasteiger partial charge in [-0.25, -0.2) is 0 Å². The highest BCUT2D eigenvalue weighted by Crippen LogP contribution is 2.83. The highest BCUT2D eigenvalue weighted by atomic mass is 16.5. The van der Waals surface area contributed by atoms with Crippen molar-refractivity contribution in [2.45, 2.75) is 79.1 Å². The molecule has 0 heterocycles. The Morgan fingerprint density at radius 3 is 2.45 bits per heavy atom. The summed E-state index contributed by atoms with van der Waals surface area (Å²) in [6, 6.07) is 0. The number of allylic oxidation sites excluding steroid dienone is 2. The summed E-state index contributed by atoms with van der Waals surface area (Å²) >= 11 is 0. The average Bonchev–Trinajstić information content (AvgIpc) is 3.07. The van der Waals surface area contributed by atoms with Crippen LogP contribution in [0.3, 0.4) is 0 Å². The summed E-state index contributed by atoms with van der Waals surface area (Å²) in [6.45, 7) is 11.2. The lowest BCUT2D eigenvalue weighted by molar-refractivity contribution is -0.188. The van der Waals surface area contributed by atoms with Gasteiger partial charge in [0, 0.05) is 17.9 Å². The van der Waals surface area contributed by atoms with E-state index in [1.54, 1.807) is 5.57 Å². The van der Waals surface area contributed by atoms with Gasteiger partial charge in [0.25, 0.3) is 0 Å². The largest absolute Gasteiger partial charge is 0.384 e. The first kappa shape index (κ1) is 15.2. The van der Waals surface area contributed by atoms with Crippen LogP contribution < -0.4 is 0 Å². The zero-order valence-electron chi connectivity index (χ0n) is 15.3. The predicted octanol–water partition coefficient (Wildman–Crippen LogP) is 5.75. The van der Waals surface area contributed by atoms with Gasteiger partial charge in [-0.1, -0.05) is 44.8 Å². The van der Waals surface area contributed by atoms with E-state index in [9.17, 15) is 0 Å². The molecule has 0 aromatic heterocycles. The minimum Gasteiger partial charge on any atom is -0.384 e. The Labute approximate surface area is 136 Å². The maximum absolute atomic E-state index is 5.93.